The number of amides is 1. The Morgan fingerprint density at radius 1 is 0.925 bits per heavy atom. The van der Waals surface area contributed by atoms with Crippen molar-refractivity contribution in [2.75, 3.05) is 19.0 Å². The Labute approximate surface area is 234 Å². The third-order valence-corrected chi connectivity index (χ3v) is 7.10. The Hall–Kier alpha value is -4.68. The molecule has 0 unspecified atom stereocenters. The fraction of sp³-hybridized carbons (Fsp3) is 0.176. The number of aliphatic hydroxyl groups excluding tert-OH is 1. The average molecular weight is 532 g/mol. The van der Waals surface area contributed by atoms with Crippen LogP contribution >= 0.6 is 0 Å². The van der Waals surface area contributed by atoms with Crippen LogP contribution in [0.3, 0.4) is 0 Å². The SMILES string of the molecule is COc1cccc(Nc2c(C(N)=O)cnc3c(C)cc(Cc4ccc(-c5ccc(CCCO)cc5)cc4)cc23)c1. The molecule has 5 rings (SSSR count). The van der Waals surface area contributed by atoms with Gasteiger partial charge in [-0.3, -0.25) is 9.78 Å². The number of aryl methyl sites for hydroxylation is 2. The number of primary amides is 1. The lowest BCUT2D eigenvalue weighted by atomic mass is 9.96. The minimum absolute atomic E-state index is 0.211. The molecule has 0 aliphatic carbocycles. The zero-order valence-corrected chi connectivity index (χ0v) is 22.8. The van der Waals surface area contributed by atoms with Crippen molar-refractivity contribution < 1.29 is 14.6 Å². The molecule has 0 radical (unpaired) electrons. The highest BCUT2D eigenvalue weighted by molar-refractivity contribution is 6.08. The molecular formula is C34H33N3O3. The van der Waals surface area contributed by atoms with Crippen LogP contribution in [0.15, 0.2) is 91.1 Å². The van der Waals surface area contributed by atoms with E-state index < -0.39 is 5.91 Å². The summed E-state index contributed by atoms with van der Waals surface area (Å²) in [4.78, 5) is 16.9. The molecule has 5 aromatic rings. The van der Waals surface area contributed by atoms with Crippen LogP contribution in [-0.2, 0) is 12.8 Å². The summed E-state index contributed by atoms with van der Waals surface area (Å²) in [6.45, 7) is 2.24. The number of benzene rings is 4. The first-order valence-corrected chi connectivity index (χ1v) is 13.4. The number of carbonyl (C=O) groups is 1. The summed E-state index contributed by atoms with van der Waals surface area (Å²) in [7, 11) is 1.62. The summed E-state index contributed by atoms with van der Waals surface area (Å²) < 4.78 is 5.37. The molecule has 0 fully saturated rings. The monoisotopic (exact) mass is 531 g/mol. The Bertz CT molecular complexity index is 1640. The van der Waals surface area contributed by atoms with Crippen LogP contribution in [0.1, 0.15) is 39.0 Å². The molecule has 0 aliphatic heterocycles. The van der Waals surface area contributed by atoms with Crippen LogP contribution in [0.25, 0.3) is 22.0 Å². The summed E-state index contributed by atoms with van der Waals surface area (Å²) in [5, 5.41) is 13.3. The standard InChI is InChI=1S/C34H33N3O3/c1-22-17-25(18-24-10-14-27(15-11-24)26-12-8-23(9-13-26)5-4-16-38)19-30-32(22)36-21-31(34(35)39)33(30)37-28-6-3-7-29(20-28)40-2/h3,6-15,17,19-21,38H,4-5,16,18H2,1-2H3,(H2,35,39)(H,36,37). The van der Waals surface area contributed by atoms with Crippen LogP contribution in [0.5, 0.6) is 5.75 Å². The minimum atomic E-state index is -0.542. The highest BCUT2D eigenvalue weighted by Crippen LogP contribution is 2.33. The highest BCUT2D eigenvalue weighted by Gasteiger charge is 2.16. The molecule has 6 nitrogen and oxygen atoms in total. The summed E-state index contributed by atoms with van der Waals surface area (Å²) >= 11 is 0. The largest absolute Gasteiger partial charge is 0.497 e. The van der Waals surface area contributed by atoms with Crippen molar-refractivity contribution in [1.29, 1.82) is 0 Å². The Morgan fingerprint density at radius 2 is 1.62 bits per heavy atom. The third kappa shape index (κ3) is 5.98. The second-order valence-corrected chi connectivity index (χ2v) is 9.97. The number of fused-ring (bicyclic) bond motifs is 1. The number of nitrogens with two attached hydrogens (primary N) is 1. The van der Waals surface area contributed by atoms with Crippen LogP contribution in [-0.4, -0.2) is 29.7 Å². The van der Waals surface area contributed by atoms with Gasteiger partial charge in [0.05, 0.1) is 23.9 Å². The fourth-order valence-electron chi connectivity index (χ4n) is 5.02. The lowest BCUT2D eigenvalue weighted by Crippen LogP contribution is -2.14. The Kier molecular flexibility index (Phi) is 8.08. The van der Waals surface area contributed by atoms with Gasteiger partial charge in [-0.05, 0) is 77.8 Å². The van der Waals surface area contributed by atoms with Crippen LogP contribution in [0, 0.1) is 6.92 Å². The maximum Gasteiger partial charge on any atom is 0.252 e. The molecule has 0 saturated carbocycles. The fourth-order valence-corrected chi connectivity index (χ4v) is 5.02. The van der Waals surface area contributed by atoms with E-state index in [2.05, 4.69) is 71.0 Å². The van der Waals surface area contributed by atoms with Gasteiger partial charge >= 0.3 is 0 Å². The highest BCUT2D eigenvalue weighted by atomic mass is 16.5. The van der Waals surface area contributed by atoms with E-state index >= 15 is 0 Å². The van der Waals surface area contributed by atoms with E-state index in [9.17, 15) is 4.79 Å². The molecular weight excluding hydrogens is 498 g/mol. The predicted octanol–water partition coefficient (Wildman–Crippen LogP) is 6.58. The van der Waals surface area contributed by atoms with Gasteiger partial charge in [-0.2, -0.15) is 0 Å². The van der Waals surface area contributed by atoms with Gasteiger partial charge in [-0.25, -0.2) is 0 Å². The topological polar surface area (TPSA) is 97.5 Å². The number of aliphatic hydroxyl groups is 1. The van der Waals surface area contributed by atoms with E-state index in [4.69, 9.17) is 15.6 Å². The summed E-state index contributed by atoms with van der Waals surface area (Å²) in [5.41, 5.74) is 15.2. The molecule has 0 atom stereocenters. The number of nitrogens with zero attached hydrogens (tertiary/aromatic N) is 1. The van der Waals surface area contributed by atoms with E-state index in [1.165, 1.54) is 22.9 Å². The van der Waals surface area contributed by atoms with Crippen molar-refractivity contribution in [2.24, 2.45) is 5.73 Å². The molecule has 4 aromatic carbocycles. The number of carbonyl (C=O) groups excluding carboxylic acids is 1. The number of hydrogen-bond donors (Lipinski definition) is 3. The van der Waals surface area contributed by atoms with Crippen LogP contribution in [0.4, 0.5) is 11.4 Å². The second kappa shape index (κ2) is 12.0. The van der Waals surface area contributed by atoms with E-state index in [1.54, 1.807) is 7.11 Å². The molecule has 0 spiro atoms. The number of aromatic nitrogens is 1. The number of rotatable bonds is 10. The zero-order valence-electron chi connectivity index (χ0n) is 22.8. The van der Waals surface area contributed by atoms with Crippen molar-refractivity contribution in [3.63, 3.8) is 0 Å². The number of anilines is 2. The molecule has 1 heterocycles. The Morgan fingerprint density at radius 3 is 2.27 bits per heavy atom. The van der Waals surface area contributed by atoms with Gasteiger partial charge in [0, 0.05) is 29.9 Å². The van der Waals surface area contributed by atoms with Gasteiger partial charge in [0.1, 0.15) is 5.75 Å². The number of hydrogen-bond acceptors (Lipinski definition) is 5. The van der Waals surface area contributed by atoms with Crippen molar-refractivity contribution in [3.05, 3.63) is 119 Å². The minimum Gasteiger partial charge on any atom is -0.497 e. The van der Waals surface area contributed by atoms with Crippen molar-refractivity contribution in [1.82, 2.24) is 4.98 Å². The quantitative estimate of drug-likeness (QED) is 0.189. The van der Waals surface area contributed by atoms with E-state index in [-0.39, 0.29) is 6.61 Å². The maximum absolute atomic E-state index is 12.4. The van der Waals surface area contributed by atoms with E-state index in [1.807, 2.05) is 31.2 Å². The van der Waals surface area contributed by atoms with Gasteiger partial charge in [0.15, 0.2) is 0 Å². The second-order valence-electron chi connectivity index (χ2n) is 9.97. The smallest absolute Gasteiger partial charge is 0.252 e. The summed E-state index contributed by atoms with van der Waals surface area (Å²) in [5.74, 6) is 0.168. The lowest BCUT2D eigenvalue weighted by Gasteiger charge is -2.16. The average Bonchev–Trinajstić information content (AvgIpc) is 2.97. The van der Waals surface area contributed by atoms with Gasteiger partial charge < -0.3 is 20.9 Å². The van der Waals surface area contributed by atoms with Gasteiger partial charge in [-0.1, -0.05) is 60.7 Å². The molecule has 0 aliphatic rings. The molecule has 0 saturated heterocycles. The summed E-state index contributed by atoms with van der Waals surface area (Å²) in [6.07, 6.45) is 3.93. The maximum atomic E-state index is 12.4. The van der Waals surface area contributed by atoms with Crippen molar-refractivity contribution in [2.45, 2.75) is 26.2 Å². The number of methoxy groups -OCH3 is 1. The Balaban J connectivity index is 1.45. The van der Waals surface area contributed by atoms with Gasteiger partial charge in [-0.15, -0.1) is 0 Å². The number of nitrogens with one attached hydrogen (secondary N) is 1. The van der Waals surface area contributed by atoms with Crippen molar-refractivity contribution >= 4 is 28.2 Å². The third-order valence-electron chi connectivity index (χ3n) is 7.10. The normalized spacial score (nSPS) is 11.0. The van der Waals surface area contributed by atoms with Crippen LogP contribution < -0.4 is 15.8 Å². The number of ether oxygens (including phenoxy) is 1. The molecule has 40 heavy (non-hydrogen) atoms. The first-order valence-electron chi connectivity index (χ1n) is 13.4. The van der Waals surface area contributed by atoms with Crippen LogP contribution in [0.2, 0.25) is 0 Å². The predicted molar refractivity (Wildman–Crippen MR) is 161 cm³/mol. The molecule has 0 bridgehead atoms. The number of pyridine rings is 1. The molecule has 1 aromatic heterocycles. The molecule has 202 valence electrons. The van der Waals surface area contributed by atoms with E-state index in [0.717, 1.165) is 52.5 Å². The van der Waals surface area contributed by atoms with E-state index in [0.29, 0.717) is 17.0 Å². The lowest BCUT2D eigenvalue weighted by molar-refractivity contribution is 0.100. The molecule has 6 heteroatoms. The van der Waals surface area contributed by atoms with Gasteiger partial charge in [0.25, 0.3) is 5.91 Å². The van der Waals surface area contributed by atoms with Gasteiger partial charge in [0.2, 0.25) is 0 Å². The first kappa shape index (κ1) is 26.9. The van der Waals surface area contributed by atoms with Crippen molar-refractivity contribution in [3.8, 4) is 16.9 Å². The summed E-state index contributed by atoms with van der Waals surface area (Å²) in [6, 6.07) is 28.9. The molecule has 1 amide bonds. The zero-order chi connectivity index (χ0) is 28.1. The molecule has 4 N–H and O–H groups in total. The first-order chi connectivity index (χ1) is 19.4.